The molecule has 1 aliphatic heterocycles. The van der Waals surface area contributed by atoms with Gasteiger partial charge < -0.3 is 4.90 Å². The van der Waals surface area contributed by atoms with E-state index in [2.05, 4.69) is 50.7 Å². The van der Waals surface area contributed by atoms with Crippen molar-refractivity contribution in [3.8, 4) is 11.3 Å². The van der Waals surface area contributed by atoms with Gasteiger partial charge in [0.15, 0.2) is 0 Å². The molecule has 0 N–H and O–H groups in total. The summed E-state index contributed by atoms with van der Waals surface area (Å²) >= 11 is 0. The molecule has 4 rings (SSSR count). The molecule has 4 heteroatoms. The summed E-state index contributed by atoms with van der Waals surface area (Å²) in [6.07, 6.45) is 5.11. The molecular weight excluding hydrogens is 248 g/mol. The number of hydrogen-bond acceptors (Lipinski definition) is 3. The molecule has 4 heterocycles. The van der Waals surface area contributed by atoms with E-state index in [9.17, 15) is 0 Å². The first-order valence-electron chi connectivity index (χ1n) is 6.87. The number of likely N-dealkylation sites (N-methyl/N-ethyl adjacent to an activating group) is 1. The van der Waals surface area contributed by atoms with E-state index < -0.39 is 0 Å². The number of aromatic nitrogens is 3. The van der Waals surface area contributed by atoms with Gasteiger partial charge >= 0.3 is 0 Å². The standard InChI is InChI=1S/C16H16N4/c1-11-10-20-14(4-3-5-15(20)18-11)13-8-12-6-7-19(2)16(12)17-9-13/h3-5,8-10H,6-7H2,1-2H3. The molecule has 3 aromatic rings. The summed E-state index contributed by atoms with van der Waals surface area (Å²) in [6, 6.07) is 8.47. The van der Waals surface area contributed by atoms with Crippen molar-refractivity contribution in [2.75, 3.05) is 18.5 Å². The lowest BCUT2D eigenvalue weighted by Gasteiger charge is -2.11. The molecule has 0 fully saturated rings. The van der Waals surface area contributed by atoms with E-state index in [-0.39, 0.29) is 0 Å². The minimum atomic E-state index is 0.984. The van der Waals surface area contributed by atoms with Crippen molar-refractivity contribution < 1.29 is 0 Å². The average Bonchev–Trinajstić information content (AvgIpc) is 3.00. The van der Waals surface area contributed by atoms with Crippen molar-refractivity contribution in [3.05, 3.63) is 47.9 Å². The van der Waals surface area contributed by atoms with E-state index in [4.69, 9.17) is 0 Å². The highest BCUT2D eigenvalue weighted by molar-refractivity contribution is 5.67. The topological polar surface area (TPSA) is 33.4 Å². The molecule has 100 valence electrons. The largest absolute Gasteiger partial charge is 0.359 e. The molecule has 0 atom stereocenters. The number of hydrogen-bond donors (Lipinski definition) is 0. The van der Waals surface area contributed by atoms with Crippen LogP contribution in [-0.2, 0) is 6.42 Å². The second kappa shape index (κ2) is 4.07. The zero-order chi connectivity index (χ0) is 13.7. The fraction of sp³-hybridized carbons (Fsp3) is 0.250. The first kappa shape index (κ1) is 11.5. The van der Waals surface area contributed by atoms with Gasteiger partial charge in [-0.05, 0) is 37.1 Å². The summed E-state index contributed by atoms with van der Waals surface area (Å²) in [4.78, 5) is 11.3. The molecule has 0 saturated heterocycles. The van der Waals surface area contributed by atoms with Crippen LogP contribution < -0.4 is 4.90 Å². The van der Waals surface area contributed by atoms with Gasteiger partial charge in [-0.3, -0.25) is 4.40 Å². The van der Waals surface area contributed by atoms with Crippen LogP contribution in [0.2, 0.25) is 0 Å². The van der Waals surface area contributed by atoms with E-state index in [1.165, 1.54) is 5.56 Å². The van der Waals surface area contributed by atoms with Crippen LogP contribution in [0.3, 0.4) is 0 Å². The van der Waals surface area contributed by atoms with Crippen LogP contribution in [0, 0.1) is 6.92 Å². The number of aryl methyl sites for hydroxylation is 1. The van der Waals surface area contributed by atoms with Crippen molar-refractivity contribution >= 4 is 11.5 Å². The summed E-state index contributed by atoms with van der Waals surface area (Å²) < 4.78 is 2.14. The molecule has 0 aromatic carbocycles. The second-order valence-corrected chi connectivity index (χ2v) is 5.40. The Balaban J connectivity index is 1.91. The highest BCUT2D eigenvalue weighted by Crippen LogP contribution is 2.29. The molecular formula is C16H16N4. The molecule has 4 nitrogen and oxygen atoms in total. The zero-order valence-corrected chi connectivity index (χ0v) is 11.7. The van der Waals surface area contributed by atoms with Gasteiger partial charge in [0, 0.05) is 31.5 Å². The van der Waals surface area contributed by atoms with Gasteiger partial charge in [0.2, 0.25) is 0 Å². The Labute approximate surface area is 117 Å². The molecule has 0 saturated carbocycles. The highest BCUT2D eigenvalue weighted by Gasteiger charge is 2.18. The smallest absolute Gasteiger partial charge is 0.137 e. The molecule has 0 unspecified atom stereocenters. The highest BCUT2D eigenvalue weighted by atomic mass is 15.2. The summed E-state index contributed by atoms with van der Waals surface area (Å²) in [5.74, 6) is 1.11. The van der Waals surface area contributed by atoms with Crippen molar-refractivity contribution in [2.45, 2.75) is 13.3 Å². The van der Waals surface area contributed by atoms with Gasteiger partial charge in [-0.25, -0.2) is 9.97 Å². The third kappa shape index (κ3) is 1.61. The molecule has 1 aliphatic rings. The summed E-state index contributed by atoms with van der Waals surface area (Å²) in [6.45, 7) is 3.08. The molecule has 0 radical (unpaired) electrons. The summed E-state index contributed by atoms with van der Waals surface area (Å²) in [5, 5.41) is 0. The molecule has 0 bridgehead atoms. The number of rotatable bonds is 1. The third-order valence-corrected chi connectivity index (χ3v) is 3.93. The maximum atomic E-state index is 4.62. The molecule has 0 spiro atoms. The number of fused-ring (bicyclic) bond motifs is 2. The Morgan fingerprint density at radius 1 is 1.25 bits per heavy atom. The fourth-order valence-corrected chi connectivity index (χ4v) is 2.93. The van der Waals surface area contributed by atoms with Gasteiger partial charge in [0.25, 0.3) is 0 Å². The maximum Gasteiger partial charge on any atom is 0.137 e. The van der Waals surface area contributed by atoms with E-state index in [0.29, 0.717) is 0 Å². The first-order chi connectivity index (χ1) is 9.72. The lowest BCUT2D eigenvalue weighted by Crippen LogP contribution is -2.13. The average molecular weight is 264 g/mol. The van der Waals surface area contributed by atoms with Crippen LogP contribution in [0.15, 0.2) is 36.7 Å². The number of pyridine rings is 2. The lowest BCUT2D eigenvalue weighted by atomic mass is 10.1. The first-order valence-corrected chi connectivity index (χ1v) is 6.87. The Kier molecular flexibility index (Phi) is 2.33. The Bertz CT molecular complexity index is 803. The molecule has 20 heavy (non-hydrogen) atoms. The normalized spacial score (nSPS) is 14.0. The molecule has 0 aliphatic carbocycles. The van der Waals surface area contributed by atoms with Gasteiger partial charge in [0.1, 0.15) is 11.5 Å². The van der Waals surface area contributed by atoms with E-state index >= 15 is 0 Å². The van der Waals surface area contributed by atoms with Crippen molar-refractivity contribution in [2.24, 2.45) is 0 Å². The minimum Gasteiger partial charge on any atom is -0.359 e. The van der Waals surface area contributed by atoms with Crippen molar-refractivity contribution in [1.29, 1.82) is 0 Å². The van der Waals surface area contributed by atoms with Crippen LogP contribution >= 0.6 is 0 Å². The van der Waals surface area contributed by atoms with E-state index in [1.54, 1.807) is 0 Å². The Morgan fingerprint density at radius 2 is 2.15 bits per heavy atom. The maximum absolute atomic E-state index is 4.62. The van der Waals surface area contributed by atoms with Crippen LogP contribution in [0.5, 0.6) is 0 Å². The zero-order valence-electron chi connectivity index (χ0n) is 11.7. The SMILES string of the molecule is Cc1cn2c(-c3cnc4c(c3)CCN4C)cccc2n1. The van der Waals surface area contributed by atoms with E-state index in [0.717, 1.165) is 41.4 Å². The molecule has 3 aromatic heterocycles. The van der Waals surface area contributed by atoms with Crippen molar-refractivity contribution in [3.63, 3.8) is 0 Å². The summed E-state index contributed by atoms with van der Waals surface area (Å²) in [7, 11) is 2.10. The second-order valence-electron chi connectivity index (χ2n) is 5.40. The predicted octanol–water partition coefficient (Wildman–Crippen LogP) is 2.70. The van der Waals surface area contributed by atoms with Gasteiger partial charge in [-0.15, -0.1) is 0 Å². The fourth-order valence-electron chi connectivity index (χ4n) is 2.93. The Morgan fingerprint density at radius 3 is 3.05 bits per heavy atom. The minimum absolute atomic E-state index is 0.984. The monoisotopic (exact) mass is 264 g/mol. The summed E-state index contributed by atoms with van der Waals surface area (Å²) in [5.41, 5.74) is 5.65. The third-order valence-electron chi connectivity index (χ3n) is 3.93. The van der Waals surface area contributed by atoms with Gasteiger partial charge in [0.05, 0.1) is 11.4 Å². The predicted molar refractivity (Wildman–Crippen MR) is 80.1 cm³/mol. The van der Waals surface area contributed by atoms with Crippen LogP contribution in [0.1, 0.15) is 11.3 Å². The Hall–Kier alpha value is -2.36. The molecule has 0 amide bonds. The van der Waals surface area contributed by atoms with Gasteiger partial charge in [-0.1, -0.05) is 6.07 Å². The van der Waals surface area contributed by atoms with Crippen LogP contribution in [0.4, 0.5) is 5.82 Å². The number of anilines is 1. The van der Waals surface area contributed by atoms with E-state index in [1.807, 2.05) is 19.2 Å². The van der Waals surface area contributed by atoms with Crippen LogP contribution in [-0.4, -0.2) is 28.0 Å². The van der Waals surface area contributed by atoms with Gasteiger partial charge in [-0.2, -0.15) is 0 Å². The van der Waals surface area contributed by atoms with Crippen molar-refractivity contribution in [1.82, 2.24) is 14.4 Å². The number of imidazole rings is 1. The number of nitrogens with zero attached hydrogens (tertiary/aromatic N) is 4. The van der Waals surface area contributed by atoms with Crippen LogP contribution in [0.25, 0.3) is 16.9 Å². The lowest BCUT2D eigenvalue weighted by molar-refractivity contribution is 0.945. The quantitative estimate of drug-likeness (QED) is 0.677.